The van der Waals surface area contributed by atoms with Gasteiger partial charge in [-0.3, -0.25) is 4.98 Å². The third kappa shape index (κ3) is 4.26. The van der Waals surface area contributed by atoms with Gasteiger partial charge in [0.25, 0.3) is 0 Å². The molecule has 0 N–H and O–H groups in total. The van der Waals surface area contributed by atoms with E-state index in [1.807, 2.05) is 28.9 Å². The molecule has 0 bridgehead atoms. The van der Waals surface area contributed by atoms with Gasteiger partial charge in [-0.25, -0.2) is 0 Å². The lowest BCUT2D eigenvalue weighted by Gasteiger charge is -2.23. The molecule has 0 amide bonds. The van der Waals surface area contributed by atoms with E-state index in [-0.39, 0.29) is 5.41 Å². The smallest absolute Gasteiger partial charge is 0.0791 e. The van der Waals surface area contributed by atoms with E-state index in [2.05, 4.69) is 109 Å². The third-order valence-electron chi connectivity index (χ3n) is 7.63. The molecular formula is C35H35NS2. The third-order valence-corrected chi connectivity index (χ3v) is 10.3. The molecule has 3 aromatic carbocycles. The van der Waals surface area contributed by atoms with Crippen molar-refractivity contribution in [2.24, 2.45) is 5.92 Å². The molecule has 0 spiro atoms. The molecule has 0 saturated carbocycles. The highest BCUT2D eigenvalue weighted by Crippen LogP contribution is 2.48. The predicted molar refractivity (Wildman–Crippen MR) is 170 cm³/mol. The first-order valence-electron chi connectivity index (χ1n) is 13.6. The molecule has 0 unspecified atom stereocenters. The second kappa shape index (κ2) is 9.32. The van der Waals surface area contributed by atoms with Crippen LogP contribution in [0, 0.1) is 19.8 Å². The van der Waals surface area contributed by atoms with Crippen molar-refractivity contribution in [3.63, 3.8) is 0 Å². The molecule has 3 aromatic heterocycles. The van der Waals surface area contributed by atoms with Crippen molar-refractivity contribution in [1.29, 1.82) is 0 Å². The molecule has 38 heavy (non-hydrogen) atoms. The molecule has 0 atom stereocenters. The first kappa shape index (κ1) is 25.3. The van der Waals surface area contributed by atoms with Crippen LogP contribution in [0.1, 0.15) is 56.9 Å². The molecule has 6 aromatic rings. The first-order chi connectivity index (χ1) is 18.1. The van der Waals surface area contributed by atoms with Crippen molar-refractivity contribution < 1.29 is 0 Å². The Morgan fingerprint density at radius 3 is 2.29 bits per heavy atom. The van der Waals surface area contributed by atoms with E-state index in [1.165, 1.54) is 68.5 Å². The Morgan fingerprint density at radius 1 is 0.789 bits per heavy atom. The molecule has 6 rings (SSSR count). The van der Waals surface area contributed by atoms with Gasteiger partial charge in [-0.1, -0.05) is 71.0 Å². The van der Waals surface area contributed by atoms with Crippen LogP contribution in [-0.4, -0.2) is 4.98 Å². The van der Waals surface area contributed by atoms with E-state index < -0.39 is 0 Å². The number of hydrogen-bond donors (Lipinski definition) is 0. The van der Waals surface area contributed by atoms with Crippen molar-refractivity contribution in [1.82, 2.24) is 4.98 Å². The Balaban J connectivity index is 1.55. The summed E-state index contributed by atoms with van der Waals surface area (Å²) in [6.07, 6.45) is 3.11. The number of rotatable bonds is 4. The molecular weight excluding hydrogens is 499 g/mol. The van der Waals surface area contributed by atoms with Crippen LogP contribution < -0.4 is 0 Å². The average molecular weight is 534 g/mol. The Morgan fingerprint density at radius 2 is 1.53 bits per heavy atom. The van der Waals surface area contributed by atoms with Crippen LogP contribution in [0.5, 0.6) is 0 Å². The fourth-order valence-electron chi connectivity index (χ4n) is 5.78. The number of nitrogens with zero attached hydrogens (tertiary/aromatic N) is 1. The Hall–Kier alpha value is -3.01. The monoisotopic (exact) mass is 533 g/mol. The van der Waals surface area contributed by atoms with Crippen molar-refractivity contribution in [2.75, 3.05) is 0 Å². The van der Waals surface area contributed by atoms with Crippen LogP contribution in [-0.2, 0) is 11.8 Å². The van der Waals surface area contributed by atoms with Crippen LogP contribution >= 0.6 is 22.7 Å². The van der Waals surface area contributed by atoms with Crippen molar-refractivity contribution in [3.8, 4) is 21.0 Å². The maximum absolute atomic E-state index is 4.99. The molecule has 3 heteroatoms. The number of hydrogen-bond acceptors (Lipinski definition) is 3. The summed E-state index contributed by atoms with van der Waals surface area (Å²) in [6, 6.07) is 22.7. The number of aromatic nitrogens is 1. The summed E-state index contributed by atoms with van der Waals surface area (Å²) >= 11 is 3.85. The van der Waals surface area contributed by atoms with E-state index in [9.17, 15) is 0 Å². The fraction of sp³-hybridized carbons (Fsp3) is 0.286. The van der Waals surface area contributed by atoms with Gasteiger partial charge in [-0.2, -0.15) is 0 Å². The van der Waals surface area contributed by atoms with Gasteiger partial charge in [0.05, 0.1) is 5.69 Å². The van der Waals surface area contributed by atoms with Crippen LogP contribution in [0.15, 0.2) is 66.9 Å². The second-order valence-corrected chi connectivity index (χ2v) is 14.2. The minimum Gasteiger partial charge on any atom is -0.256 e. The molecule has 0 aliphatic heterocycles. The second-order valence-electron chi connectivity index (χ2n) is 12.1. The molecule has 0 aliphatic carbocycles. The largest absolute Gasteiger partial charge is 0.256 e. The zero-order valence-corrected chi connectivity index (χ0v) is 25.0. The summed E-state index contributed by atoms with van der Waals surface area (Å²) in [5.41, 5.74) is 7.90. The fourth-order valence-corrected chi connectivity index (χ4v) is 8.42. The molecule has 0 saturated heterocycles. The van der Waals surface area contributed by atoms with E-state index in [0.717, 1.165) is 12.1 Å². The zero-order chi connectivity index (χ0) is 26.8. The van der Waals surface area contributed by atoms with E-state index in [4.69, 9.17) is 4.98 Å². The Kier molecular flexibility index (Phi) is 6.20. The van der Waals surface area contributed by atoms with Gasteiger partial charge in [-0.05, 0) is 94.3 Å². The van der Waals surface area contributed by atoms with Crippen molar-refractivity contribution in [3.05, 3.63) is 89.1 Å². The van der Waals surface area contributed by atoms with Gasteiger partial charge in [0, 0.05) is 36.3 Å². The minimum absolute atomic E-state index is 0.0426. The standard InChI is InChI=1S/C35H35NS2/c1-20(2)16-23-12-13-29-27(17-23)21(3)33(37-29)34-22(4)31-30(38-34)14-15-36-32(31)25-18-24-10-8-9-11-26(24)28(19-25)35(5,6)7/h8-15,17-20H,16H2,1-7H3. The summed E-state index contributed by atoms with van der Waals surface area (Å²) < 4.78 is 2.69. The molecule has 0 fully saturated rings. The van der Waals surface area contributed by atoms with Crippen LogP contribution in [0.4, 0.5) is 0 Å². The maximum Gasteiger partial charge on any atom is 0.0791 e. The van der Waals surface area contributed by atoms with Crippen LogP contribution in [0.25, 0.3) is 52.0 Å². The summed E-state index contributed by atoms with van der Waals surface area (Å²) in [4.78, 5) is 7.78. The van der Waals surface area contributed by atoms with Gasteiger partial charge in [0.15, 0.2) is 0 Å². The van der Waals surface area contributed by atoms with Gasteiger partial charge < -0.3 is 0 Å². The molecule has 192 valence electrons. The normalized spacial score (nSPS) is 12.4. The first-order valence-corrected chi connectivity index (χ1v) is 15.2. The number of fused-ring (bicyclic) bond motifs is 3. The van der Waals surface area contributed by atoms with E-state index >= 15 is 0 Å². The van der Waals surface area contributed by atoms with Gasteiger partial charge in [0.1, 0.15) is 0 Å². The molecule has 3 heterocycles. The van der Waals surface area contributed by atoms with Gasteiger partial charge in [0.2, 0.25) is 0 Å². The zero-order valence-electron chi connectivity index (χ0n) is 23.4. The van der Waals surface area contributed by atoms with Crippen LogP contribution in [0.3, 0.4) is 0 Å². The van der Waals surface area contributed by atoms with Crippen molar-refractivity contribution in [2.45, 2.75) is 60.3 Å². The summed E-state index contributed by atoms with van der Waals surface area (Å²) in [5.74, 6) is 0.663. The SMILES string of the molecule is Cc1c(-c2sc3ccnc(-c4cc(C(C)(C)C)c5ccccc5c4)c3c2C)sc2ccc(CC(C)C)cc12. The highest BCUT2D eigenvalue weighted by atomic mass is 32.1. The lowest BCUT2D eigenvalue weighted by atomic mass is 9.82. The molecule has 0 radical (unpaired) electrons. The average Bonchev–Trinajstić information content (AvgIpc) is 3.38. The number of thiophene rings is 2. The van der Waals surface area contributed by atoms with E-state index in [1.54, 1.807) is 0 Å². The lowest BCUT2D eigenvalue weighted by Crippen LogP contribution is -2.12. The highest BCUT2D eigenvalue weighted by Gasteiger charge is 2.22. The molecule has 0 aliphatic rings. The Bertz CT molecular complexity index is 1820. The van der Waals surface area contributed by atoms with Gasteiger partial charge in [-0.15, -0.1) is 22.7 Å². The number of aryl methyl sites for hydroxylation is 2. The van der Waals surface area contributed by atoms with E-state index in [0.29, 0.717) is 5.92 Å². The maximum atomic E-state index is 4.99. The summed E-state index contributed by atoms with van der Waals surface area (Å²) in [5, 5.41) is 5.30. The lowest BCUT2D eigenvalue weighted by molar-refractivity contribution is 0.596. The predicted octanol–water partition coefficient (Wildman–Crippen LogP) is 11.1. The number of pyridine rings is 1. The molecule has 1 nitrogen and oxygen atoms in total. The highest BCUT2D eigenvalue weighted by molar-refractivity contribution is 7.28. The quantitative estimate of drug-likeness (QED) is 0.220. The topological polar surface area (TPSA) is 12.9 Å². The Labute approximate surface area is 234 Å². The van der Waals surface area contributed by atoms with Crippen LogP contribution in [0.2, 0.25) is 0 Å². The summed E-state index contributed by atoms with van der Waals surface area (Å²) in [6.45, 7) is 16.1. The van der Waals surface area contributed by atoms with Gasteiger partial charge >= 0.3 is 0 Å². The minimum atomic E-state index is 0.0426. The van der Waals surface area contributed by atoms with Crippen molar-refractivity contribution >= 4 is 53.6 Å². The summed E-state index contributed by atoms with van der Waals surface area (Å²) in [7, 11) is 0. The number of benzene rings is 3.